The monoisotopic (exact) mass is 232 g/mol. The van der Waals surface area contributed by atoms with Crippen molar-refractivity contribution in [3.8, 4) is 5.75 Å². The molecule has 1 unspecified atom stereocenters. The maximum atomic E-state index is 13.3. The van der Waals surface area contributed by atoms with Gasteiger partial charge in [0, 0.05) is 11.6 Å². The van der Waals surface area contributed by atoms with Crippen LogP contribution in [0, 0.1) is 11.7 Å². The topological polar surface area (TPSA) is 57.5 Å². The van der Waals surface area contributed by atoms with Gasteiger partial charge in [-0.1, -0.05) is 18.5 Å². The lowest BCUT2D eigenvalue weighted by Gasteiger charge is -2.09. The predicted octanol–water partition coefficient (Wildman–Crippen LogP) is 2.45. The van der Waals surface area contributed by atoms with Crippen LogP contribution in [0.2, 0.25) is 5.02 Å². The summed E-state index contributed by atoms with van der Waals surface area (Å²) in [5.74, 6) is -2.70. The van der Waals surface area contributed by atoms with E-state index in [0.717, 1.165) is 6.07 Å². The van der Waals surface area contributed by atoms with Crippen LogP contribution in [-0.4, -0.2) is 16.2 Å². The van der Waals surface area contributed by atoms with Gasteiger partial charge in [0.1, 0.15) is 11.6 Å². The van der Waals surface area contributed by atoms with Gasteiger partial charge in [-0.25, -0.2) is 4.39 Å². The standard InChI is InChI=1S/C10H10ClFO3/c1-5(10(14)15)2-7-8(11)3-6(13)4-9(7)12/h3-5,13H,2H2,1H3,(H,14,15). The van der Waals surface area contributed by atoms with Gasteiger partial charge >= 0.3 is 5.97 Å². The van der Waals surface area contributed by atoms with E-state index < -0.39 is 17.7 Å². The second-order valence-electron chi connectivity index (χ2n) is 3.33. The van der Waals surface area contributed by atoms with Gasteiger partial charge in [0.25, 0.3) is 0 Å². The molecule has 15 heavy (non-hydrogen) atoms. The first-order valence-corrected chi connectivity index (χ1v) is 4.69. The first-order valence-electron chi connectivity index (χ1n) is 4.31. The van der Waals surface area contributed by atoms with Crippen LogP contribution in [0.25, 0.3) is 0 Å². The van der Waals surface area contributed by atoms with Crippen molar-refractivity contribution in [1.82, 2.24) is 0 Å². The Balaban J connectivity index is 3.00. The van der Waals surface area contributed by atoms with E-state index in [1.54, 1.807) is 0 Å². The number of benzene rings is 1. The first kappa shape index (κ1) is 11.8. The highest BCUT2D eigenvalue weighted by Crippen LogP contribution is 2.27. The molecule has 82 valence electrons. The lowest BCUT2D eigenvalue weighted by atomic mass is 10.0. The average Bonchev–Trinajstić information content (AvgIpc) is 2.10. The molecule has 0 heterocycles. The molecule has 1 aromatic carbocycles. The number of hydrogen-bond acceptors (Lipinski definition) is 2. The number of hydrogen-bond donors (Lipinski definition) is 2. The summed E-state index contributed by atoms with van der Waals surface area (Å²) in [5, 5.41) is 17.7. The van der Waals surface area contributed by atoms with Crippen molar-refractivity contribution in [1.29, 1.82) is 0 Å². The van der Waals surface area contributed by atoms with Gasteiger partial charge in [0.2, 0.25) is 0 Å². The molecule has 0 aromatic heterocycles. The van der Waals surface area contributed by atoms with Crippen molar-refractivity contribution in [2.45, 2.75) is 13.3 Å². The van der Waals surface area contributed by atoms with Gasteiger partial charge in [-0.3, -0.25) is 4.79 Å². The van der Waals surface area contributed by atoms with Crippen LogP contribution >= 0.6 is 11.6 Å². The normalized spacial score (nSPS) is 12.5. The van der Waals surface area contributed by atoms with Gasteiger partial charge < -0.3 is 10.2 Å². The molecule has 0 aliphatic carbocycles. The molecule has 3 nitrogen and oxygen atoms in total. The number of aromatic hydroxyl groups is 1. The fraction of sp³-hybridized carbons (Fsp3) is 0.300. The molecule has 0 saturated carbocycles. The Morgan fingerprint density at radius 2 is 2.20 bits per heavy atom. The summed E-state index contributed by atoms with van der Waals surface area (Å²) in [7, 11) is 0. The number of carboxylic acids is 1. The Morgan fingerprint density at radius 1 is 1.60 bits per heavy atom. The minimum absolute atomic E-state index is 0.000278. The molecule has 2 N–H and O–H groups in total. The predicted molar refractivity (Wildman–Crippen MR) is 53.6 cm³/mol. The zero-order valence-corrected chi connectivity index (χ0v) is 8.75. The summed E-state index contributed by atoms with van der Waals surface area (Å²) in [6.07, 6.45) is 0.000278. The van der Waals surface area contributed by atoms with E-state index in [-0.39, 0.29) is 22.8 Å². The molecule has 0 bridgehead atoms. The molecule has 0 saturated heterocycles. The number of carbonyl (C=O) groups is 1. The third-order valence-corrected chi connectivity index (χ3v) is 2.39. The summed E-state index contributed by atoms with van der Waals surface area (Å²) in [4.78, 5) is 10.6. The van der Waals surface area contributed by atoms with Crippen molar-refractivity contribution >= 4 is 17.6 Å². The van der Waals surface area contributed by atoms with Crippen molar-refractivity contribution < 1.29 is 19.4 Å². The Labute approximate surface area is 91.1 Å². The second kappa shape index (κ2) is 4.49. The van der Waals surface area contributed by atoms with Crippen LogP contribution in [0.4, 0.5) is 4.39 Å². The van der Waals surface area contributed by atoms with E-state index in [9.17, 15) is 9.18 Å². The molecule has 0 amide bonds. The van der Waals surface area contributed by atoms with Crippen LogP contribution in [0.15, 0.2) is 12.1 Å². The molecular weight excluding hydrogens is 223 g/mol. The quantitative estimate of drug-likeness (QED) is 0.842. The molecule has 0 radical (unpaired) electrons. The fourth-order valence-electron chi connectivity index (χ4n) is 1.18. The Kier molecular flexibility index (Phi) is 3.52. The van der Waals surface area contributed by atoms with Crippen molar-refractivity contribution in [2.75, 3.05) is 0 Å². The van der Waals surface area contributed by atoms with Gasteiger partial charge in [0.05, 0.1) is 10.9 Å². The summed E-state index contributed by atoms with van der Waals surface area (Å²) in [6.45, 7) is 1.46. The smallest absolute Gasteiger partial charge is 0.306 e. The molecule has 0 aliphatic heterocycles. The number of halogens is 2. The van der Waals surface area contributed by atoms with E-state index in [1.807, 2.05) is 0 Å². The molecule has 0 fully saturated rings. The van der Waals surface area contributed by atoms with E-state index >= 15 is 0 Å². The SMILES string of the molecule is CC(Cc1c(F)cc(O)cc1Cl)C(=O)O. The van der Waals surface area contributed by atoms with Crippen LogP contribution in [0.3, 0.4) is 0 Å². The number of phenols is 1. The molecule has 1 rings (SSSR count). The van der Waals surface area contributed by atoms with Crippen molar-refractivity contribution in [3.63, 3.8) is 0 Å². The zero-order valence-electron chi connectivity index (χ0n) is 8.00. The van der Waals surface area contributed by atoms with Crippen molar-refractivity contribution in [2.24, 2.45) is 5.92 Å². The minimum Gasteiger partial charge on any atom is -0.508 e. The van der Waals surface area contributed by atoms with Gasteiger partial charge in [-0.2, -0.15) is 0 Å². The highest BCUT2D eigenvalue weighted by atomic mass is 35.5. The van der Waals surface area contributed by atoms with Gasteiger partial charge in [0.15, 0.2) is 0 Å². The number of phenolic OH excluding ortho intramolecular Hbond substituents is 1. The lowest BCUT2D eigenvalue weighted by molar-refractivity contribution is -0.141. The molecule has 1 atom stereocenters. The molecule has 1 aromatic rings. The van der Waals surface area contributed by atoms with E-state index in [4.69, 9.17) is 21.8 Å². The maximum Gasteiger partial charge on any atom is 0.306 e. The summed E-state index contributed by atoms with van der Waals surface area (Å²) in [6, 6.07) is 2.10. The largest absolute Gasteiger partial charge is 0.508 e. The number of carboxylic acid groups (broad SMARTS) is 1. The van der Waals surface area contributed by atoms with Crippen molar-refractivity contribution in [3.05, 3.63) is 28.5 Å². The Hall–Kier alpha value is -1.29. The first-order chi connectivity index (χ1) is 6.91. The highest BCUT2D eigenvalue weighted by Gasteiger charge is 2.17. The van der Waals surface area contributed by atoms with Crippen LogP contribution < -0.4 is 0 Å². The van der Waals surface area contributed by atoms with E-state index in [1.165, 1.54) is 13.0 Å². The van der Waals surface area contributed by atoms with Gasteiger partial charge in [-0.15, -0.1) is 0 Å². The van der Waals surface area contributed by atoms with E-state index in [0.29, 0.717) is 0 Å². The number of rotatable bonds is 3. The van der Waals surface area contributed by atoms with Gasteiger partial charge in [-0.05, 0) is 12.5 Å². The second-order valence-corrected chi connectivity index (χ2v) is 3.74. The Bertz CT molecular complexity index is 369. The minimum atomic E-state index is -1.02. The molecular formula is C10H10ClFO3. The maximum absolute atomic E-state index is 13.3. The lowest BCUT2D eigenvalue weighted by Crippen LogP contribution is -2.13. The fourth-order valence-corrected chi connectivity index (χ4v) is 1.46. The average molecular weight is 233 g/mol. The molecule has 0 aliphatic rings. The summed E-state index contributed by atoms with van der Waals surface area (Å²) >= 11 is 5.69. The van der Waals surface area contributed by atoms with Crippen LogP contribution in [-0.2, 0) is 11.2 Å². The van der Waals surface area contributed by atoms with E-state index in [2.05, 4.69) is 0 Å². The zero-order chi connectivity index (χ0) is 11.6. The third-order valence-electron chi connectivity index (χ3n) is 2.06. The summed E-state index contributed by atoms with van der Waals surface area (Å²) in [5.41, 5.74) is 0.115. The highest BCUT2D eigenvalue weighted by molar-refractivity contribution is 6.31. The van der Waals surface area contributed by atoms with Crippen LogP contribution in [0.1, 0.15) is 12.5 Å². The third kappa shape index (κ3) is 2.83. The molecule has 5 heteroatoms. The summed E-state index contributed by atoms with van der Waals surface area (Å²) < 4.78 is 13.3. The number of aliphatic carboxylic acids is 1. The molecule has 0 spiro atoms. The van der Waals surface area contributed by atoms with Crippen LogP contribution in [0.5, 0.6) is 5.75 Å². The Morgan fingerprint density at radius 3 is 2.67 bits per heavy atom.